The molecule has 0 aliphatic rings. The molecule has 1 N–H and O–H groups in total. The van der Waals surface area contributed by atoms with Gasteiger partial charge in [0.15, 0.2) is 0 Å². The van der Waals surface area contributed by atoms with Crippen LogP contribution in [0.2, 0.25) is 0 Å². The Labute approximate surface area is 186 Å². The maximum Gasteiger partial charge on any atom is 0.305 e. The van der Waals surface area contributed by atoms with E-state index in [2.05, 4.69) is 6.92 Å². The van der Waals surface area contributed by atoms with Crippen molar-refractivity contribution in [3.05, 3.63) is 0 Å². The van der Waals surface area contributed by atoms with Crippen molar-refractivity contribution in [2.45, 2.75) is 148 Å². The van der Waals surface area contributed by atoms with Crippen LogP contribution in [0.4, 0.5) is 0 Å². The second kappa shape index (κ2) is 24.2. The summed E-state index contributed by atoms with van der Waals surface area (Å²) in [7, 11) is 0. The highest BCUT2D eigenvalue weighted by Gasteiger charge is 2.04. The number of rotatable bonds is 24. The van der Waals surface area contributed by atoms with Crippen LogP contribution in [0.3, 0.4) is 0 Å². The van der Waals surface area contributed by atoms with E-state index in [9.17, 15) is 9.59 Å². The first-order chi connectivity index (χ1) is 14.7. The molecule has 4 heteroatoms. The van der Waals surface area contributed by atoms with Crippen molar-refractivity contribution < 1.29 is 19.4 Å². The highest BCUT2D eigenvalue weighted by molar-refractivity contribution is 5.69. The van der Waals surface area contributed by atoms with Crippen molar-refractivity contribution >= 4 is 11.9 Å². The Balaban J connectivity index is 3.11. The summed E-state index contributed by atoms with van der Waals surface area (Å²) in [6, 6.07) is 0. The molecule has 0 atom stereocenters. The SMILES string of the molecule is CCCCCCCCCCCCCCCCCCCCOC(=O)CCCCC(=O)O. The highest BCUT2D eigenvalue weighted by Crippen LogP contribution is 2.14. The van der Waals surface area contributed by atoms with Gasteiger partial charge >= 0.3 is 11.9 Å². The number of hydrogen-bond acceptors (Lipinski definition) is 3. The van der Waals surface area contributed by atoms with Crippen molar-refractivity contribution in [3.63, 3.8) is 0 Å². The topological polar surface area (TPSA) is 63.6 Å². The lowest BCUT2D eigenvalue weighted by Crippen LogP contribution is -2.06. The smallest absolute Gasteiger partial charge is 0.305 e. The number of carboxylic acid groups (broad SMARTS) is 1. The van der Waals surface area contributed by atoms with Crippen LogP contribution in [0.25, 0.3) is 0 Å². The number of ether oxygens (including phenoxy) is 1. The van der Waals surface area contributed by atoms with Gasteiger partial charge in [-0.3, -0.25) is 9.59 Å². The first-order valence-corrected chi connectivity index (χ1v) is 13.0. The Morgan fingerprint density at radius 1 is 0.533 bits per heavy atom. The lowest BCUT2D eigenvalue weighted by molar-refractivity contribution is -0.144. The fourth-order valence-electron chi connectivity index (χ4n) is 3.81. The van der Waals surface area contributed by atoms with Crippen LogP contribution < -0.4 is 0 Å². The minimum Gasteiger partial charge on any atom is -0.481 e. The van der Waals surface area contributed by atoms with E-state index in [-0.39, 0.29) is 12.4 Å². The average Bonchev–Trinajstić information content (AvgIpc) is 2.72. The number of carboxylic acids is 1. The minimum absolute atomic E-state index is 0.131. The first-order valence-electron chi connectivity index (χ1n) is 13.0. The lowest BCUT2D eigenvalue weighted by Gasteiger charge is -2.05. The molecular weight excluding hydrogens is 376 g/mol. The summed E-state index contributed by atoms with van der Waals surface area (Å²) in [6.07, 6.45) is 25.9. The van der Waals surface area contributed by atoms with E-state index in [0.717, 1.165) is 12.8 Å². The van der Waals surface area contributed by atoms with Crippen LogP contribution in [0.5, 0.6) is 0 Å². The molecule has 0 fully saturated rings. The Bertz CT molecular complexity index is 381. The highest BCUT2D eigenvalue weighted by atomic mass is 16.5. The molecular formula is C26H50O4. The van der Waals surface area contributed by atoms with E-state index in [4.69, 9.17) is 9.84 Å². The average molecular weight is 427 g/mol. The van der Waals surface area contributed by atoms with Gasteiger partial charge in [-0.15, -0.1) is 0 Å². The molecule has 4 nitrogen and oxygen atoms in total. The van der Waals surface area contributed by atoms with E-state index < -0.39 is 5.97 Å². The molecule has 0 amide bonds. The monoisotopic (exact) mass is 426 g/mol. The van der Waals surface area contributed by atoms with Gasteiger partial charge in [0.25, 0.3) is 0 Å². The number of unbranched alkanes of at least 4 members (excludes halogenated alkanes) is 18. The summed E-state index contributed by atoms with van der Waals surface area (Å²) in [4.78, 5) is 21.9. The van der Waals surface area contributed by atoms with Gasteiger partial charge in [-0.05, 0) is 19.3 Å². The van der Waals surface area contributed by atoms with Crippen LogP contribution in [0.15, 0.2) is 0 Å². The zero-order chi connectivity index (χ0) is 22.1. The molecule has 0 saturated heterocycles. The predicted molar refractivity (Wildman–Crippen MR) is 126 cm³/mol. The van der Waals surface area contributed by atoms with Crippen LogP contribution in [0, 0.1) is 0 Å². The molecule has 0 aliphatic heterocycles. The summed E-state index contributed by atoms with van der Waals surface area (Å²) >= 11 is 0. The maximum atomic E-state index is 11.5. The molecule has 0 aromatic rings. The molecule has 0 rings (SSSR count). The number of aliphatic carboxylic acids is 1. The van der Waals surface area contributed by atoms with E-state index in [1.165, 1.54) is 103 Å². The van der Waals surface area contributed by atoms with E-state index in [1.807, 2.05) is 0 Å². The van der Waals surface area contributed by atoms with Gasteiger partial charge in [-0.2, -0.15) is 0 Å². The largest absolute Gasteiger partial charge is 0.481 e. The second-order valence-electron chi connectivity index (χ2n) is 8.83. The summed E-state index contributed by atoms with van der Waals surface area (Å²) < 4.78 is 5.19. The third kappa shape index (κ3) is 25.0. The zero-order valence-corrected chi connectivity index (χ0v) is 19.9. The third-order valence-electron chi connectivity index (χ3n) is 5.78. The third-order valence-corrected chi connectivity index (χ3v) is 5.78. The van der Waals surface area contributed by atoms with Crippen LogP contribution in [-0.2, 0) is 14.3 Å². The first kappa shape index (κ1) is 28.9. The lowest BCUT2D eigenvalue weighted by atomic mass is 10.0. The van der Waals surface area contributed by atoms with E-state index >= 15 is 0 Å². The molecule has 178 valence electrons. The second-order valence-corrected chi connectivity index (χ2v) is 8.83. The maximum absolute atomic E-state index is 11.5. The van der Waals surface area contributed by atoms with Crippen molar-refractivity contribution in [2.75, 3.05) is 6.61 Å². The zero-order valence-electron chi connectivity index (χ0n) is 19.9. The van der Waals surface area contributed by atoms with Gasteiger partial charge in [0, 0.05) is 12.8 Å². The van der Waals surface area contributed by atoms with Gasteiger partial charge in [-0.25, -0.2) is 0 Å². The molecule has 0 aromatic carbocycles. The fourth-order valence-corrected chi connectivity index (χ4v) is 3.81. The molecule has 30 heavy (non-hydrogen) atoms. The molecule has 0 spiro atoms. The number of hydrogen-bond donors (Lipinski definition) is 1. The fraction of sp³-hybridized carbons (Fsp3) is 0.923. The Kier molecular flexibility index (Phi) is 23.4. The summed E-state index contributed by atoms with van der Waals surface area (Å²) in [6.45, 7) is 2.79. The summed E-state index contributed by atoms with van der Waals surface area (Å²) in [5, 5.41) is 8.54. The molecule has 0 aliphatic carbocycles. The quantitative estimate of drug-likeness (QED) is 0.125. The van der Waals surface area contributed by atoms with Crippen LogP contribution in [0.1, 0.15) is 148 Å². The van der Waals surface area contributed by atoms with Gasteiger partial charge < -0.3 is 9.84 Å². The van der Waals surface area contributed by atoms with Crippen LogP contribution >= 0.6 is 0 Å². The number of carbonyl (C=O) groups excluding carboxylic acids is 1. The molecule has 0 unspecified atom stereocenters. The minimum atomic E-state index is -0.804. The molecule has 0 saturated carbocycles. The Morgan fingerprint density at radius 2 is 0.900 bits per heavy atom. The van der Waals surface area contributed by atoms with Crippen molar-refractivity contribution in [1.29, 1.82) is 0 Å². The Hall–Kier alpha value is -1.06. The van der Waals surface area contributed by atoms with Gasteiger partial charge in [0.1, 0.15) is 0 Å². The molecule has 0 bridgehead atoms. The van der Waals surface area contributed by atoms with Gasteiger partial charge in [0.2, 0.25) is 0 Å². The predicted octanol–water partition coefficient (Wildman–Crippen LogP) is 8.22. The van der Waals surface area contributed by atoms with Crippen molar-refractivity contribution in [3.8, 4) is 0 Å². The van der Waals surface area contributed by atoms with E-state index in [1.54, 1.807) is 0 Å². The normalized spacial score (nSPS) is 11.0. The standard InChI is InChI=1S/C26H50O4/c1-2-3-4-5-6-7-8-9-10-11-12-13-14-15-16-17-18-21-24-30-26(29)23-20-19-22-25(27)28/h2-24H2,1H3,(H,27,28). The molecule has 0 aromatic heterocycles. The van der Waals surface area contributed by atoms with E-state index in [0.29, 0.717) is 25.9 Å². The number of esters is 1. The summed E-state index contributed by atoms with van der Waals surface area (Å²) in [5.74, 6) is -0.991. The van der Waals surface area contributed by atoms with Gasteiger partial charge in [-0.1, -0.05) is 116 Å². The van der Waals surface area contributed by atoms with Crippen molar-refractivity contribution in [1.82, 2.24) is 0 Å². The Morgan fingerprint density at radius 3 is 1.30 bits per heavy atom. The molecule has 0 radical (unpaired) electrons. The molecule has 0 heterocycles. The van der Waals surface area contributed by atoms with Crippen molar-refractivity contribution in [2.24, 2.45) is 0 Å². The number of carbonyl (C=O) groups is 2. The van der Waals surface area contributed by atoms with Crippen LogP contribution in [-0.4, -0.2) is 23.7 Å². The summed E-state index contributed by atoms with van der Waals surface area (Å²) in [5.41, 5.74) is 0. The van der Waals surface area contributed by atoms with Gasteiger partial charge in [0.05, 0.1) is 6.61 Å².